The number of hydrogen-bond acceptors (Lipinski definition) is 5. The number of carbonyl (C=O) groups excluding carboxylic acids is 3. The monoisotopic (exact) mass is 533 g/mol. The van der Waals surface area contributed by atoms with Gasteiger partial charge in [-0.1, -0.05) is 23.7 Å². The molecule has 2 N–H and O–H groups in total. The van der Waals surface area contributed by atoms with Crippen LogP contribution in [0.2, 0.25) is 5.02 Å². The third kappa shape index (κ3) is 6.70. The van der Waals surface area contributed by atoms with Gasteiger partial charge in [0.2, 0.25) is 0 Å². The van der Waals surface area contributed by atoms with Gasteiger partial charge in [0, 0.05) is 22.2 Å². The molecule has 10 heteroatoms. The van der Waals surface area contributed by atoms with Crippen molar-refractivity contribution in [2.45, 2.75) is 56.7 Å². The summed E-state index contributed by atoms with van der Waals surface area (Å²) in [4.78, 5) is 40.9. The number of thioether (sulfide) groups is 1. The highest BCUT2D eigenvalue weighted by molar-refractivity contribution is 7.99. The average Bonchev–Trinajstić information content (AvgIpc) is 3.63. The Balaban J connectivity index is 1.66. The summed E-state index contributed by atoms with van der Waals surface area (Å²) in [5.41, 5.74) is 0.336. The SMILES string of the molecule is CC(C)(C)OC(=O)N[C@H]1CSc2cc(F)c(C(=O)NCC3CC3)cc2N(Cc2ccc(Cl)cc2)C1=O. The maximum atomic E-state index is 15.0. The maximum Gasteiger partial charge on any atom is 0.408 e. The van der Waals surface area contributed by atoms with E-state index < -0.39 is 35.4 Å². The van der Waals surface area contributed by atoms with Crippen LogP contribution in [0.3, 0.4) is 0 Å². The molecule has 4 rings (SSSR count). The lowest BCUT2D eigenvalue weighted by molar-refractivity contribution is -0.120. The molecule has 0 spiro atoms. The first kappa shape index (κ1) is 26.3. The quantitative estimate of drug-likeness (QED) is 0.536. The van der Waals surface area contributed by atoms with Crippen molar-refractivity contribution >= 4 is 47.0 Å². The molecule has 1 aliphatic carbocycles. The molecule has 1 fully saturated rings. The fourth-order valence-electron chi connectivity index (χ4n) is 3.74. The predicted octanol–water partition coefficient (Wildman–Crippen LogP) is 5.15. The van der Waals surface area contributed by atoms with Crippen molar-refractivity contribution in [3.63, 3.8) is 0 Å². The lowest BCUT2D eigenvalue weighted by Crippen LogP contribution is -2.50. The van der Waals surface area contributed by atoms with Crippen molar-refractivity contribution in [2.75, 3.05) is 17.2 Å². The molecule has 2 aromatic carbocycles. The Bertz CT molecular complexity index is 1170. The molecule has 0 saturated heterocycles. The number of anilines is 1. The normalized spacial score (nSPS) is 17.8. The Kier molecular flexibility index (Phi) is 7.80. The summed E-state index contributed by atoms with van der Waals surface area (Å²) >= 11 is 7.26. The van der Waals surface area contributed by atoms with Gasteiger partial charge in [-0.2, -0.15) is 0 Å². The maximum absolute atomic E-state index is 15.0. The first-order valence-corrected chi connectivity index (χ1v) is 13.2. The summed E-state index contributed by atoms with van der Waals surface area (Å²) in [5.74, 6) is -0.950. The van der Waals surface area contributed by atoms with E-state index in [1.54, 1.807) is 45.0 Å². The van der Waals surface area contributed by atoms with Crippen molar-refractivity contribution < 1.29 is 23.5 Å². The predicted molar refractivity (Wildman–Crippen MR) is 138 cm³/mol. The van der Waals surface area contributed by atoms with Gasteiger partial charge in [0.15, 0.2) is 0 Å². The molecular formula is C26H29ClFN3O4S. The summed E-state index contributed by atoms with van der Waals surface area (Å²) in [5, 5.41) is 5.99. The molecule has 2 aliphatic rings. The van der Waals surface area contributed by atoms with E-state index in [-0.39, 0.29) is 17.9 Å². The van der Waals surface area contributed by atoms with E-state index in [4.69, 9.17) is 16.3 Å². The van der Waals surface area contributed by atoms with Crippen LogP contribution in [0.25, 0.3) is 0 Å². The summed E-state index contributed by atoms with van der Waals surface area (Å²) in [6, 6.07) is 8.79. The van der Waals surface area contributed by atoms with Crippen LogP contribution in [0.5, 0.6) is 0 Å². The molecule has 2 aromatic rings. The zero-order chi connectivity index (χ0) is 26.0. The number of nitrogens with one attached hydrogen (secondary N) is 2. The molecule has 0 bridgehead atoms. The number of amides is 3. The number of nitrogens with zero attached hydrogens (tertiary/aromatic N) is 1. The van der Waals surface area contributed by atoms with Crippen molar-refractivity contribution in [1.82, 2.24) is 10.6 Å². The first-order valence-electron chi connectivity index (χ1n) is 11.8. The van der Waals surface area contributed by atoms with Gasteiger partial charge < -0.3 is 20.3 Å². The highest BCUT2D eigenvalue weighted by atomic mass is 35.5. The van der Waals surface area contributed by atoms with Crippen LogP contribution in [0.1, 0.15) is 49.5 Å². The topological polar surface area (TPSA) is 87.7 Å². The molecule has 0 radical (unpaired) electrons. The third-order valence-corrected chi connectivity index (χ3v) is 7.14. The fourth-order valence-corrected chi connectivity index (χ4v) is 4.94. The van der Waals surface area contributed by atoms with E-state index in [9.17, 15) is 14.4 Å². The number of ether oxygens (including phenoxy) is 1. The summed E-state index contributed by atoms with van der Waals surface area (Å²) in [6.07, 6.45) is 1.39. The smallest absolute Gasteiger partial charge is 0.408 e. The highest BCUT2D eigenvalue weighted by Crippen LogP contribution is 2.37. The lowest BCUT2D eigenvalue weighted by atomic mass is 10.1. The number of rotatable bonds is 6. The number of fused-ring (bicyclic) bond motifs is 1. The van der Waals surface area contributed by atoms with Crippen LogP contribution >= 0.6 is 23.4 Å². The van der Waals surface area contributed by atoms with Crippen LogP contribution in [0.4, 0.5) is 14.9 Å². The summed E-state index contributed by atoms with van der Waals surface area (Å²) < 4.78 is 20.3. The molecular weight excluding hydrogens is 505 g/mol. The number of hydrogen-bond donors (Lipinski definition) is 2. The Hall–Kier alpha value is -2.78. The van der Waals surface area contributed by atoms with Crippen LogP contribution < -0.4 is 15.5 Å². The molecule has 0 aromatic heterocycles. The molecule has 1 aliphatic heterocycles. The van der Waals surface area contributed by atoms with E-state index in [0.717, 1.165) is 18.4 Å². The summed E-state index contributed by atoms with van der Waals surface area (Å²) in [6.45, 7) is 5.84. The van der Waals surface area contributed by atoms with E-state index in [1.165, 1.54) is 28.8 Å². The Labute approximate surface area is 219 Å². The second-order valence-electron chi connectivity index (χ2n) is 10.0. The largest absolute Gasteiger partial charge is 0.444 e. The number of carbonyl (C=O) groups is 3. The number of halogens is 2. The lowest BCUT2D eigenvalue weighted by Gasteiger charge is -2.27. The molecule has 1 atom stereocenters. The van der Waals surface area contributed by atoms with Crippen molar-refractivity contribution in [1.29, 1.82) is 0 Å². The van der Waals surface area contributed by atoms with Crippen molar-refractivity contribution in [3.05, 3.63) is 58.4 Å². The van der Waals surface area contributed by atoms with E-state index >= 15 is 4.39 Å². The van der Waals surface area contributed by atoms with Gasteiger partial charge in [-0.25, -0.2) is 9.18 Å². The average molecular weight is 534 g/mol. The van der Waals surface area contributed by atoms with E-state index in [1.807, 2.05) is 0 Å². The zero-order valence-corrected chi connectivity index (χ0v) is 22.0. The highest BCUT2D eigenvalue weighted by Gasteiger charge is 2.34. The Morgan fingerprint density at radius 1 is 1.19 bits per heavy atom. The second kappa shape index (κ2) is 10.7. The number of alkyl carbamates (subject to hydrolysis) is 1. The minimum atomic E-state index is -0.917. The molecule has 3 amide bonds. The zero-order valence-electron chi connectivity index (χ0n) is 20.4. The minimum absolute atomic E-state index is 0.123. The molecule has 192 valence electrons. The van der Waals surface area contributed by atoms with Crippen LogP contribution in [-0.2, 0) is 16.1 Å². The Morgan fingerprint density at radius 3 is 2.53 bits per heavy atom. The van der Waals surface area contributed by atoms with Gasteiger partial charge in [-0.3, -0.25) is 9.59 Å². The molecule has 0 unspecified atom stereocenters. The first-order chi connectivity index (χ1) is 17.0. The third-order valence-electron chi connectivity index (χ3n) is 5.75. The van der Waals surface area contributed by atoms with Gasteiger partial charge in [0.25, 0.3) is 11.8 Å². The standard InChI is InChI=1S/C26H29ClFN3O4S/c1-26(2,3)35-25(34)30-20-14-36-22-11-19(28)18(23(32)29-12-15-4-5-15)10-21(22)31(24(20)33)13-16-6-8-17(27)9-7-16/h6-11,15,20H,4-5,12-14H2,1-3H3,(H,29,32)(H,30,34)/t20-/m0/s1. The second-order valence-corrected chi connectivity index (χ2v) is 11.5. The van der Waals surface area contributed by atoms with Crippen molar-refractivity contribution in [2.24, 2.45) is 5.92 Å². The van der Waals surface area contributed by atoms with E-state index in [2.05, 4.69) is 10.6 Å². The van der Waals surface area contributed by atoms with Gasteiger partial charge >= 0.3 is 6.09 Å². The number of benzene rings is 2. The van der Waals surface area contributed by atoms with Crippen molar-refractivity contribution in [3.8, 4) is 0 Å². The Morgan fingerprint density at radius 2 is 1.89 bits per heavy atom. The van der Waals surface area contributed by atoms with Gasteiger partial charge in [0.05, 0.1) is 17.8 Å². The molecule has 36 heavy (non-hydrogen) atoms. The van der Waals surface area contributed by atoms with Gasteiger partial charge in [-0.05, 0) is 69.4 Å². The van der Waals surface area contributed by atoms with Crippen LogP contribution in [0.15, 0.2) is 41.3 Å². The van der Waals surface area contributed by atoms with Crippen LogP contribution in [-0.4, -0.2) is 41.8 Å². The molecule has 7 nitrogen and oxygen atoms in total. The minimum Gasteiger partial charge on any atom is -0.444 e. The van der Waals surface area contributed by atoms with Gasteiger partial charge in [-0.15, -0.1) is 11.8 Å². The summed E-state index contributed by atoms with van der Waals surface area (Å²) in [7, 11) is 0. The van der Waals surface area contributed by atoms with E-state index in [0.29, 0.717) is 28.1 Å². The molecule has 1 heterocycles. The van der Waals surface area contributed by atoms with Crippen LogP contribution in [0, 0.1) is 11.7 Å². The molecule has 1 saturated carbocycles. The van der Waals surface area contributed by atoms with Gasteiger partial charge in [0.1, 0.15) is 17.5 Å². The fraction of sp³-hybridized carbons (Fsp3) is 0.423.